The summed E-state index contributed by atoms with van der Waals surface area (Å²) in [4.78, 5) is 11.5. The summed E-state index contributed by atoms with van der Waals surface area (Å²) in [5.41, 5.74) is 0. The van der Waals surface area contributed by atoms with Gasteiger partial charge in [-0.3, -0.25) is 0 Å². The highest BCUT2D eigenvalue weighted by Crippen LogP contribution is 2.30. The molecular weight excluding hydrogens is 300 g/mol. The van der Waals surface area contributed by atoms with Crippen molar-refractivity contribution in [1.82, 2.24) is 0 Å². The van der Waals surface area contributed by atoms with E-state index in [-0.39, 0.29) is 12.2 Å². The fourth-order valence-electron chi connectivity index (χ4n) is 2.11. The zero-order chi connectivity index (χ0) is 17.6. The number of hydrogen-bond donors (Lipinski definition) is 0. The fraction of sp³-hybridized carbons (Fsp3) is 0.812. The van der Waals surface area contributed by atoms with Gasteiger partial charge < -0.3 is 18.0 Å². The number of hydrogen-bond acceptors (Lipinski definition) is 5. The minimum atomic E-state index is -3.01. The van der Waals surface area contributed by atoms with Gasteiger partial charge in [-0.1, -0.05) is 20.4 Å². The first-order chi connectivity index (χ1) is 9.91. The Morgan fingerprint density at radius 3 is 1.86 bits per heavy atom. The summed E-state index contributed by atoms with van der Waals surface area (Å²) < 4.78 is 23.6. The summed E-state index contributed by atoms with van der Waals surface area (Å²) in [5.74, 6) is -1.35. The average molecular weight is 333 g/mol. The van der Waals surface area contributed by atoms with Gasteiger partial charge in [0, 0.05) is 38.2 Å². The molecule has 0 aromatic carbocycles. The van der Waals surface area contributed by atoms with Gasteiger partial charge in [0.2, 0.25) is 5.79 Å². The molecule has 0 saturated heterocycles. The predicted molar refractivity (Wildman–Crippen MR) is 89.3 cm³/mol. The SMILES string of the molecule is C=CC(=O)OC(C)(C)O[Si](CC(C)C)(OC(C)C)OC(C)C. The second-order valence-corrected chi connectivity index (χ2v) is 9.19. The minimum absolute atomic E-state index is 0.0462. The Kier molecular flexibility index (Phi) is 8.54. The van der Waals surface area contributed by atoms with Crippen molar-refractivity contribution in [2.45, 2.75) is 79.4 Å². The van der Waals surface area contributed by atoms with E-state index in [2.05, 4.69) is 20.4 Å². The van der Waals surface area contributed by atoms with Gasteiger partial charge in [-0.05, 0) is 33.6 Å². The maximum Gasteiger partial charge on any atom is 0.504 e. The largest absolute Gasteiger partial charge is 0.504 e. The van der Waals surface area contributed by atoms with E-state index in [1.54, 1.807) is 13.8 Å². The van der Waals surface area contributed by atoms with Crippen LogP contribution in [-0.2, 0) is 22.8 Å². The van der Waals surface area contributed by atoms with Crippen LogP contribution in [0.15, 0.2) is 12.7 Å². The highest BCUT2D eigenvalue weighted by atomic mass is 28.4. The molecule has 22 heavy (non-hydrogen) atoms. The Morgan fingerprint density at radius 1 is 1.09 bits per heavy atom. The van der Waals surface area contributed by atoms with Gasteiger partial charge >= 0.3 is 14.8 Å². The molecule has 0 aromatic heterocycles. The van der Waals surface area contributed by atoms with Crippen LogP contribution in [-0.4, -0.2) is 32.8 Å². The molecule has 0 aliphatic heterocycles. The third-order valence-electron chi connectivity index (χ3n) is 2.40. The van der Waals surface area contributed by atoms with Gasteiger partial charge in [-0.2, -0.15) is 0 Å². The van der Waals surface area contributed by atoms with Gasteiger partial charge in [0.1, 0.15) is 0 Å². The lowest BCUT2D eigenvalue weighted by Gasteiger charge is -2.39. The van der Waals surface area contributed by atoms with Crippen LogP contribution in [0.1, 0.15) is 55.4 Å². The van der Waals surface area contributed by atoms with Crippen molar-refractivity contribution < 1.29 is 22.8 Å². The van der Waals surface area contributed by atoms with E-state index < -0.39 is 20.6 Å². The molecule has 6 heteroatoms. The number of rotatable bonds is 10. The molecule has 0 radical (unpaired) electrons. The van der Waals surface area contributed by atoms with Crippen molar-refractivity contribution in [3.05, 3.63) is 12.7 Å². The van der Waals surface area contributed by atoms with Gasteiger partial charge in [0.15, 0.2) is 0 Å². The molecule has 0 spiro atoms. The van der Waals surface area contributed by atoms with E-state index in [0.717, 1.165) is 6.08 Å². The van der Waals surface area contributed by atoms with Crippen LogP contribution in [0.3, 0.4) is 0 Å². The van der Waals surface area contributed by atoms with Crippen molar-refractivity contribution in [1.29, 1.82) is 0 Å². The molecule has 0 saturated carbocycles. The smallest absolute Gasteiger partial charge is 0.431 e. The van der Waals surface area contributed by atoms with Gasteiger partial charge in [0.05, 0.1) is 0 Å². The molecule has 0 N–H and O–H groups in total. The average Bonchev–Trinajstić information content (AvgIpc) is 2.23. The lowest BCUT2D eigenvalue weighted by atomic mass is 10.3. The third-order valence-corrected chi connectivity index (χ3v) is 6.18. The van der Waals surface area contributed by atoms with Crippen LogP contribution in [0.25, 0.3) is 0 Å². The summed E-state index contributed by atoms with van der Waals surface area (Å²) in [6, 6.07) is 0.651. The molecule has 0 fully saturated rings. The molecule has 0 unspecified atom stereocenters. The number of carbonyl (C=O) groups excluding carboxylic acids is 1. The molecule has 0 atom stereocenters. The first-order valence-electron chi connectivity index (χ1n) is 7.82. The maximum atomic E-state index is 11.5. The third kappa shape index (κ3) is 8.68. The van der Waals surface area contributed by atoms with Crippen LogP contribution < -0.4 is 0 Å². The fourth-order valence-corrected chi connectivity index (χ4v) is 5.77. The van der Waals surface area contributed by atoms with E-state index in [4.69, 9.17) is 18.0 Å². The van der Waals surface area contributed by atoms with Gasteiger partial charge in [0.25, 0.3) is 0 Å². The van der Waals surface area contributed by atoms with Crippen molar-refractivity contribution in [2.75, 3.05) is 0 Å². The molecule has 0 amide bonds. The summed E-state index contributed by atoms with van der Waals surface area (Å²) >= 11 is 0. The zero-order valence-corrected chi connectivity index (χ0v) is 16.3. The predicted octanol–water partition coefficient (Wildman–Crippen LogP) is 3.91. The standard InChI is InChI=1S/C16H32O5Si/c1-10-15(17)18-16(8,9)21-22(11-12(2)3,19-13(4)5)20-14(6)7/h10,12-14H,1,11H2,2-9H3. The highest BCUT2D eigenvalue weighted by molar-refractivity contribution is 6.61. The molecule has 0 aliphatic rings. The summed E-state index contributed by atoms with van der Waals surface area (Å²) in [7, 11) is -3.01. The van der Waals surface area contributed by atoms with Crippen LogP contribution in [0, 0.1) is 5.92 Å². The van der Waals surface area contributed by atoms with E-state index >= 15 is 0 Å². The van der Waals surface area contributed by atoms with E-state index in [1.165, 1.54) is 0 Å². The molecule has 5 nitrogen and oxygen atoms in total. The Hall–Kier alpha value is -0.693. The number of esters is 1. The van der Waals surface area contributed by atoms with Crippen LogP contribution in [0.2, 0.25) is 6.04 Å². The topological polar surface area (TPSA) is 54.0 Å². The lowest BCUT2D eigenvalue weighted by molar-refractivity contribution is -0.196. The molecule has 0 rings (SSSR count). The summed E-state index contributed by atoms with van der Waals surface area (Å²) in [6.45, 7) is 18.7. The highest BCUT2D eigenvalue weighted by Gasteiger charge is 2.49. The Labute approximate surface area is 136 Å². The first-order valence-corrected chi connectivity index (χ1v) is 9.75. The molecule has 0 aliphatic carbocycles. The van der Waals surface area contributed by atoms with E-state index in [0.29, 0.717) is 12.0 Å². The second-order valence-electron chi connectivity index (χ2n) is 6.74. The second kappa shape index (κ2) is 8.81. The monoisotopic (exact) mass is 332 g/mol. The minimum Gasteiger partial charge on any atom is -0.431 e. The summed E-state index contributed by atoms with van der Waals surface area (Å²) in [6.07, 6.45) is 1.02. The van der Waals surface area contributed by atoms with E-state index in [1.807, 2.05) is 27.7 Å². The van der Waals surface area contributed by atoms with Crippen molar-refractivity contribution in [2.24, 2.45) is 5.92 Å². The van der Waals surface area contributed by atoms with E-state index in [9.17, 15) is 4.79 Å². The molecule has 130 valence electrons. The number of carbonyl (C=O) groups is 1. The first kappa shape index (κ1) is 21.3. The van der Waals surface area contributed by atoms with Gasteiger partial charge in [-0.25, -0.2) is 4.79 Å². The van der Waals surface area contributed by atoms with Crippen molar-refractivity contribution in [3.63, 3.8) is 0 Å². The quantitative estimate of drug-likeness (QED) is 0.263. The lowest BCUT2D eigenvalue weighted by Crippen LogP contribution is -2.55. The van der Waals surface area contributed by atoms with Crippen LogP contribution >= 0.6 is 0 Å². The van der Waals surface area contributed by atoms with Crippen LogP contribution in [0.4, 0.5) is 0 Å². The maximum absolute atomic E-state index is 11.5. The molecule has 0 aromatic rings. The Balaban J connectivity index is 5.40. The summed E-state index contributed by atoms with van der Waals surface area (Å²) in [5, 5.41) is 0. The molecule has 0 heterocycles. The van der Waals surface area contributed by atoms with Gasteiger partial charge in [-0.15, -0.1) is 0 Å². The zero-order valence-electron chi connectivity index (χ0n) is 15.3. The van der Waals surface area contributed by atoms with Crippen molar-refractivity contribution in [3.8, 4) is 0 Å². The number of ether oxygens (including phenoxy) is 1. The molecular formula is C16H32O5Si. The normalized spacial score (nSPS) is 13.0. The molecule has 0 bridgehead atoms. The van der Waals surface area contributed by atoms with Crippen LogP contribution in [0.5, 0.6) is 0 Å². The Morgan fingerprint density at radius 2 is 1.55 bits per heavy atom. The Bertz CT molecular complexity index is 337. The van der Waals surface area contributed by atoms with Crippen molar-refractivity contribution >= 4 is 14.8 Å².